The minimum Gasteiger partial charge on any atom is -0.343 e. The van der Waals surface area contributed by atoms with Crippen LogP contribution in [0.5, 0.6) is 0 Å². The topological polar surface area (TPSA) is 62.6 Å². The number of fused-ring (bicyclic) bond motifs is 2. The first kappa shape index (κ1) is 17.5. The van der Waals surface area contributed by atoms with E-state index in [-0.39, 0.29) is 17.4 Å². The summed E-state index contributed by atoms with van der Waals surface area (Å²) >= 11 is 0. The van der Waals surface area contributed by atoms with E-state index in [0.717, 1.165) is 11.3 Å². The highest BCUT2D eigenvalue weighted by Gasteiger charge is 2.51. The minimum atomic E-state index is -0.501. The van der Waals surface area contributed by atoms with E-state index >= 15 is 0 Å². The number of nitrogens with zero attached hydrogens (tertiary/aromatic N) is 3. The monoisotopic (exact) mass is 365 g/mol. The van der Waals surface area contributed by atoms with Gasteiger partial charge in [0.25, 0.3) is 5.56 Å². The number of hydrogen-bond donors (Lipinski definition) is 0. The Balaban J connectivity index is 1.43. The number of para-hydroxylation sites is 1. The molecule has 1 aromatic carbocycles. The van der Waals surface area contributed by atoms with Crippen LogP contribution in [0, 0.1) is 0 Å². The second-order valence-corrected chi connectivity index (χ2v) is 7.33. The molecular weight excluding hydrogens is 342 g/mol. The van der Waals surface area contributed by atoms with Crippen LogP contribution in [0.4, 0.5) is 5.69 Å². The van der Waals surface area contributed by atoms with Gasteiger partial charge >= 0.3 is 0 Å². The van der Waals surface area contributed by atoms with Crippen LogP contribution in [0.2, 0.25) is 0 Å². The number of aromatic nitrogens is 1. The molecule has 2 aromatic rings. The predicted molar refractivity (Wildman–Crippen MR) is 103 cm³/mol. The van der Waals surface area contributed by atoms with Gasteiger partial charge in [-0.3, -0.25) is 14.4 Å². The number of likely N-dealkylation sites (tertiary alicyclic amines) is 1. The summed E-state index contributed by atoms with van der Waals surface area (Å²) in [4.78, 5) is 40.9. The maximum absolute atomic E-state index is 12.9. The van der Waals surface area contributed by atoms with Gasteiger partial charge < -0.3 is 14.4 Å². The highest BCUT2D eigenvalue weighted by molar-refractivity contribution is 6.07. The number of pyridine rings is 1. The molecule has 0 unspecified atom stereocenters. The summed E-state index contributed by atoms with van der Waals surface area (Å²) in [6.07, 6.45) is 3.28. The molecule has 1 saturated heterocycles. The second-order valence-electron chi connectivity index (χ2n) is 7.33. The van der Waals surface area contributed by atoms with Crippen LogP contribution in [0.3, 0.4) is 0 Å². The molecular formula is C21H23N3O3. The zero-order valence-electron chi connectivity index (χ0n) is 15.4. The van der Waals surface area contributed by atoms with Crippen molar-refractivity contribution in [1.82, 2.24) is 9.47 Å². The summed E-state index contributed by atoms with van der Waals surface area (Å²) in [5.74, 6) is 0.166. The summed E-state index contributed by atoms with van der Waals surface area (Å²) in [7, 11) is 1.82. The van der Waals surface area contributed by atoms with Crippen LogP contribution in [0.15, 0.2) is 53.5 Å². The molecule has 27 heavy (non-hydrogen) atoms. The lowest BCUT2D eigenvalue weighted by Crippen LogP contribution is -2.49. The second kappa shape index (κ2) is 6.68. The normalized spacial score (nSPS) is 18.0. The van der Waals surface area contributed by atoms with Crippen molar-refractivity contribution in [2.75, 3.05) is 25.0 Å². The summed E-state index contributed by atoms with van der Waals surface area (Å²) in [5, 5.41) is 0. The van der Waals surface area contributed by atoms with Gasteiger partial charge in [-0.25, -0.2) is 0 Å². The maximum Gasteiger partial charge on any atom is 0.250 e. The Bertz CT molecular complexity index is 941. The summed E-state index contributed by atoms with van der Waals surface area (Å²) < 4.78 is 1.55. The predicted octanol–water partition coefficient (Wildman–Crippen LogP) is 1.78. The standard InChI is InChI=1S/C21H23N3O3/c1-22-17-7-3-2-6-16(17)21(20(22)27)10-14-24(15-11-21)19(26)9-13-23-12-5-4-8-18(23)25/h2-8,12H,9-11,13-15H2,1H3. The zero-order valence-corrected chi connectivity index (χ0v) is 15.4. The molecule has 3 heterocycles. The molecule has 1 fully saturated rings. The van der Waals surface area contributed by atoms with E-state index in [1.54, 1.807) is 27.8 Å². The van der Waals surface area contributed by atoms with Crippen LogP contribution in [0.25, 0.3) is 0 Å². The van der Waals surface area contributed by atoms with Gasteiger partial charge in [-0.05, 0) is 30.5 Å². The Morgan fingerprint density at radius 2 is 1.74 bits per heavy atom. The van der Waals surface area contributed by atoms with E-state index in [9.17, 15) is 14.4 Å². The average molecular weight is 365 g/mol. The smallest absolute Gasteiger partial charge is 0.250 e. The highest BCUT2D eigenvalue weighted by Crippen LogP contribution is 2.47. The van der Waals surface area contributed by atoms with E-state index in [1.165, 1.54) is 6.07 Å². The van der Waals surface area contributed by atoms with Gasteiger partial charge in [0.1, 0.15) is 0 Å². The van der Waals surface area contributed by atoms with E-state index in [1.807, 2.05) is 36.2 Å². The number of hydrogen-bond acceptors (Lipinski definition) is 3. The number of carbonyl (C=O) groups excluding carboxylic acids is 2. The molecule has 0 atom stereocenters. The summed E-state index contributed by atoms with van der Waals surface area (Å²) in [6, 6.07) is 12.9. The first-order chi connectivity index (χ1) is 13.0. The molecule has 2 aliphatic rings. The molecule has 6 heteroatoms. The highest BCUT2D eigenvalue weighted by atomic mass is 16.2. The molecule has 0 saturated carbocycles. The Labute approximate surface area is 158 Å². The van der Waals surface area contributed by atoms with E-state index in [0.29, 0.717) is 38.9 Å². The van der Waals surface area contributed by atoms with E-state index in [2.05, 4.69) is 0 Å². The number of carbonyl (C=O) groups is 2. The number of aryl methyl sites for hydroxylation is 1. The van der Waals surface area contributed by atoms with Crippen molar-refractivity contribution in [2.45, 2.75) is 31.2 Å². The zero-order chi connectivity index (χ0) is 19.0. The quantitative estimate of drug-likeness (QED) is 0.833. The van der Waals surface area contributed by atoms with Gasteiger partial charge in [-0.1, -0.05) is 24.3 Å². The number of amides is 2. The Morgan fingerprint density at radius 1 is 1.04 bits per heavy atom. The lowest BCUT2D eigenvalue weighted by Gasteiger charge is -2.38. The van der Waals surface area contributed by atoms with Crippen molar-refractivity contribution < 1.29 is 9.59 Å². The van der Waals surface area contributed by atoms with E-state index in [4.69, 9.17) is 0 Å². The van der Waals surface area contributed by atoms with Crippen molar-refractivity contribution in [1.29, 1.82) is 0 Å². The average Bonchev–Trinajstić information content (AvgIpc) is 2.90. The molecule has 2 amide bonds. The van der Waals surface area contributed by atoms with Gasteiger partial charge in [0.2, 0.25) is 11.8 Å². The fraction of sp³-hybridized carbons (Fsp3) is 0.381. The first-order valence-electron chi connectivity index (χ1n) is 9.34. The molecule has 140 valence electrons. The largest absolute Gasteiger partial charge is 0.343 e. The van der Waals surface area contributed by atoms with Crippen molar-refractivity contribution in [3.05, 3.63) is 64.6 Å². The fourth-order valence-corrected chi connectivity index (χ4v) is 4.36. The molecule has 6 nitrogen and oxygen atoms in total. The van der Waals surface area contributed by atoms with Crippen molar-refractivity contribution >= 4 is 17.5 Å². The number of anilines is 1. The summed E-state index contributed by atoms with van der Waals surface area (Å²) in [5.41, 5.74) is 1.46. The van der Waals surface area contributed by atoms with Gasteiger partial charge in [-0.15, -0.1) is 0 Å². The third-order valence-electron chi connectivity index (χ3n) is 5.93. The van der Waals surface area contributed by atoms with Gasteiger partial charge in [-0.2, -0.15) is 0 Å². The summed E-state index contributed by atoms with van der Waals surface area (Å²) in [6.45, 7) is 1.51. The van der Waals surface area contributed by atoms with Crippen LogP contribution in [-0.4, -0.2) is 41.4 Å². The molecule has 1 aromatic heterocycles. The molecule has 4 rings (SSSR count). The number of benzene rings is 1. The minimum absolute atomic E-state index is 0.0349. The van der Waals surface area contributed by atoms with Crippen LogP contribution < -0.4 is 10.5 Å². The van der Waals surface area contributed by atoms with E-state index < -0.39 is 5.41 Å². The van der Waals surface area contributed by atoms with Crippen LogP contribution in [0.1, 0.15) is 24.8 Å². The van der Waals surface area contributed by atoms with Crippen molar-refractivity contribution in [2.24, 2.45) is 0 Å². The third-order valence-corrected chi connectivity index (χ3v) is 5.93. The first-order valence-corrected chi connectivity index (χ1v) is 9.34. The fourth-order valence-electron chi connectivity index (χ4n) is 4.36. The Morgan fingerprint density at radius 3 is 2.48 bits per heavy atom. The lowest BCUT2D eigenvalue weighted by molar-refractivity contribution is -0.135. The number of likely N-dealkylation sites (N-methyl/N-ethyl adjacent to an activating group) is 1. The van der Waals surface area contributed by atoms with Gasteiger partial charge in [0.05, 0.1) is 5.41 Å². The lowest BCUT2D eigenvalue weighted by atomic mass is 9.73. The van der Waals surface area contributed by atoms with Crippen molar-refractivity contribution in [3.8, 4) is 0 Å². The molecule has 0 bridgehead atoms. The number of piperidine rings is 1. The van der Waals surface area contributed by atoms with Crippen molar-refractivity contribution in [3.63, 3.8) is 0 Å². The molecule has 0 aliphatic carbocycles. The Kier molecular flexibility index (Phi) is 4.34. The third kappa shape index (κ3) is 2.85. The maximum atomic E-state index is 12.9. The van der Waals surface area contributed by atoms with Gasteiger partial charge in [0.15, 0.2) is 0 Å². The Hall–Kier alpha value is -2.89. The van der Waals surface area contributed by atoms with Crippen LogP contribution >= 0.6 is 0 Å². The molecule has 1 spiro atoms. The van der Waals surface area contributed by atoms with Gasteiger partial charge in [0, 0.05) is 51.1 Å². The molecule has 0 N–H and O–H groups in total. The SMILES string of the molecule is CN1C(=O)C2(CCN(C(=O)CCn3ccccc3=O)CC2)c2ccccc21. The number of rotatable bonds is 3. The van der Waals surface area contributed by atoms with Crippen LogP contribution in [-0.2, 0) is 21.5 Å². The molecule has 2 aliphatic heterocycles. The molecule has 0 radical (unpaired) electrons.